The van der Waals surface area contributed by atoms with Crippen LogP contribution in [0.3, 0.4) is 0 Å². The largest absolute Gasteiger partial charge is 0.329 e. The minimum atomic E-state index is -2.43. The van der Waals surface area contributed by atoms with Gasteiger partial charge >= 0.3 is 0 Å². The van der Waals surface area contributed by atoms with Crippen LogP contribution in [0.25, 0.3) is 0 Å². The monoisotopic (exact) mass is 297 g/mol. The Hall–Kier alpha value is -1.04. The van der Waals surface area contributed by atoms with Crippen molar-refractivity contribution in [2.45, 2.75) is 57.7 Å². The Balaban J connectivity index is 2.08. The van der Waals surface area contributed by atoms with E-state index in [2.05, 4.69) is 24.3 Å². The molecule has 5 heteroatoms. The lowest BCUT2D eigenvalue weighted by Crippen LogP contribution is -2.54. The van der Waals surface area contributed by atoms with Crippen molar-refractivity contribution in [3.63, 3.8) is 0 Å². The molecule has 0 aliphatic carbocycles. The maximum Gasteiger partial charge on any atom is 0.263 e. The Bertz CT molecular complexity index is 426. The zero-order valence-electron chi connectivity index (χ0n) is 12.7. The van der Waals surface area contributed by atoms with Gasteiger partial charge in [0, 0.05) is 24.2 Å². The molecule has 1 fully saturated rings. The summed E-state index contributed by atoms with van der Waals surface area (Å²) in [6, 6.07) is 7.32. The van der Waals surface area contributed by atoms with E-state index in [1.54, 1.807) is 12.1 Å². The summed E-state index contributed by atoms with van der Waals surface area (Å²) in [7, 11) is 0. The van der Waals surface area contributed by atoms with Crippen LogP contribution in [0.15, 0.2) is 24.3 Å². The van der Waals surface area contributed by atoms with Crippen LogP contribution < -0.4 is 11.2 Å². The quantitative estimate of drug-likeness (QED) is 0.875. The number of nitrogens with zero attached hydrogens (tertiary/aromatic N) is 1. The molecule has 3 atom stereocenters. The molecule has 1 saturated heterocycles. The number of nitrogens with one attached hydrogen (secondary N) is 1. The molecule has 3 N–H and O–H groups in total. The Morgan fingerprint density at radius 3 is 2.14 bits per heavy atom. The molecule has 0 radical (unpaired) electrons. The molecule has 0 amide bonds. The fourth-order valence-corrected chi connectivity index (χ4v) is 2.99. The molecule has 1 aliphatic rings. The smallest absolute Gasteiger partial charge is 0.263 e. The van der Waals surface area contributed by atoms with E-state index < -0.39 is 6.43 Å². The lowest BCUT2D eigenvalue weighted by Gasteiger charge is -2.41. The van der Waals surface area contributed by atoms with Crippen molar-refractivity contribution in [1.29, 1.82) is 0 Å². The average molecular weight is 297 g/mol. The maximum absolute atomic E-state index is 12.6. The van der Waals surface area contributed by atoms with Crippen LogP contribution in [-0.2, 0) is 0 Å². The molecule has 1 aliphatic heterocycles. The second-order valence-electron chi connectivity index (χ2n) is 5.92. The lowest BCUT2D eigenvalue weighted by molar-refractivity contribution is 0.0304. The second kappa shape index (κ2) is 7.29. The summed E-state index contributed by atoms with van der Waals surface area (Å²) in [5, 5.41) is 2.27. The number of piperidine rings is 1. The van der Waals surface area contributed by atoms with Crippen molar-refractivity contribution in [3.8, 4) is 0 Å². The van der Waals surface area contributed by atoms with Crippen LogP contribution in [0.5, 0.6) is 0 Å². The van der Waals surface area contributed by atoms with E-state index in [-0.39, 0.29) is 11.6 Å². The van der Waals surface area contributed by atoms with Crippen LogP contribution >= 0.6 is 0 Å². The number of rotatable bonds is 5. The van der Waals surface area contributed by atoms with E-state index in [1.165, 1.54) is 31.4 Å². The zero-order chi connectivity index (χ0) is 15.4. The van der Waals surface area contributed by atoms with Gasteiger partial charge in [-0.25, -0.2) is 19.2 Å². The molecule has 1 heterocycles. The predicted octanol–water partition coefficient (Wildman–Crippen LogP) is 3.39. The molecule has 0 spiro atoms. The van der Waals surface area contributed by atoms with E-state index >= 15 is 0 Å². The Kier molecular flexibility index (Phi) is 5.67. The Morgan fingerprint density at radius 1 is 1.14 bits per heavy atom. The first kappa shape index (κ1) is 16.3. The number of alkyl halides is 2. The highest BCUT2D eigenvalue weighted by atomic mass is 19.3. The topological polar surface area (TPSA) is 41.3 Å². The highest BCUT2D eigenvalue weighted by molar-refractivity contribution is 5.26. The van der Waals surface area contributed by atoms with Gasteiger partial charge in [0.15, 0.2) is 0 Å². The van der Waals surface area contributed by atoms with E-state index in [4.69, 9.17) is 5.73 Å². The average Bonchev–Trinajstić information content (AvgIpc) is 2.47. The van der Waals surface area contributed by atoms with Crippen molar-refractivity contribution in [3.05, 3.63) is 35.4 Å². The second-order valence-corrected chi connectivity index (χ2v) is 5.92. The van der Waals surface area contributed by atoms with Crippen molar-refractivity contribution in [2.75, 3.05) is 6.54 Å². The van der Waals surface area contributed by atoms with Gasteiger partial charge in [0.25, 0.3) is 6.43 Å². The van der Waals surface area contributed by atoms with Crippen molar-refractivity contribution < 1.29 is 8.78 Å². The summed E-state index contributed by atoms with van der Waals surface area (Å²) in [5.74, 6) is 0. The number of nitrogens with two attached hydrogens (primary N) is 1. The molecule has 0 bridgehead atoms. The molecular weight excluding hydrogens is 272 g/mol. The summed E-state index contributed by atoms with van der Waals surface area (Å²) in [5.41, 5.74) is 10.4. The van der Waals surface area contributed by atoms with E-state index in [0.29, 0.717) is 18.6 Å². The highest BCUT2D eigenvalue weighted by Crippen LogP contribution is 2.24. The molecule has 3 unspecified atom stereocenters. The standard InChI is InChI=1S/C16H25F2N3/c1-11-4-3-5-12(2)21(11)20-15(10-19)13-6-8-14(9-7-13)16(17)18/h6-9,11-12,15-16,20H,3-5,10,19H2,1-2H3. The Labute approximate surface area is 125 Å². The van der Waals surface area contributed by atoms with Gasteiger partial charge in [-0.1, -0.05) is 30.7 Å². The normalized spacial score (nSPS) is 25.2. The minimum absolute atomic E-state index is 0.0419. The molecule has 118 valence electrons. The molecule has 0 aromatic heterocycles. The summed E-state index contributed by atoms with van der Waals surface area (Å²) in [4.78, 5) is 0. The van der Waals surface area contributed by atoms with Gasteiger partial charge in [-0.15, -0.1) is 0 Å². The van der Waals surface area contributed by atoms with Crippen LogP contribution in [0.2, 0.25) is 0 Å². The fraction of sp³-hybridized carbons (Fsp3) is 0.625. The van der Waals surface area contributed by atoms with Gasteiger partial charge in [-0.3, -0.25) is 0 Å². The predicted molar refractivity (Wildman–Crippen MR) is 80.9 cm³/mol. The summed E-state index contributed by atoms with van der Waals surface area (Å²) in [6.45, 7) is 4.84. The molecule has 1 aromatic rings. The zero-order valence-corrected chi connectivity index (χ0v) is 12.7. The Morgan fingerprint density at radius 2 is 1.67 bits per heavy atom. The highest BCUT2D eigenvalue weighted by Gasteiger charge is 2.26. The SMILES string of the molecule is CC1CCCC(C)N1NC(CN)c1ccc(C(F)F)cc1. The third-order valence-corrected chi connectivity index (χ3v) is 4.32. The van der Waals surface area contributed by atoms with Crippen LogP contribution in [-0.4, -0.2) is 23.6 Å². The van der Waals surface area contributed by atoms with Gasteiger partial charge in [0.05, 0.1) is 6.04 Å². The summed E-state index contributed by atoms with van der Waals surface area (Å²) >= 11 is 0. The first-order chi connectivity index (χ1) is 10.0. The van der Waals surface area contributed by atoms with Gasteiger partial charge in [-0.05, 0) is 32.3 Å². The van der Waals surface area contributed by atoms with Crippen molar-refractivity contribution in [2.24, 2.45) is 5.73 Å². The van der Waals surface area contributed by atoms with Gasteiger partial charge in [0.1, 0.15) is 0 Å². The molecule has 0 saturated carbocycles. The number of hydrogen-bond donors (Lipinski definition) is 2. The first-order valence-corrected chi connectivity index (χ1v) is 7.65. The van der Waals surface area contributed by atoms with Crippen LogP contribution in [0.4, 0.5) is 8.78 Å². The maximum atomic E-state index is 12.6. The number of hydrazine groups is 1. The third kappa shape index (κ3) is 3.99. The third-order valence-electron chi connectivity index (χ3n) is 4.32. The first-order valence-electron chi connectivity index (χ1n) is 7.65. The van der Waals surface area contributed by atoms with Crippen LogP contribution in [0.1, 0.15) is 56.7 Å². The fourth-order valence-electron chi connectivity index (χ4n) is 2.99. The van der Waals surface area contributed by atoms with Gasteiger partial charge in [0.2, 0.25) is 0 Å². The van der Waals surface area contributed by atoms with Crippen molar-refractivity contribution in [1.82, 2.24) is 10.4 Å². The van der Waals surface area contributed by atoms with Gasteiger partial charge < -0.3 is 5.73 Å². The molecule has 21 heavy (non-hydrogen) atoms. The summed E-state index contributed by atoms with van der Waals surface area (Å²) < 4.78 is 25.2. The van der Waals surface area contributed by atoms with Crippen LogP contribution in [0, 0.1) is 0 Å². The number of benzene rings is 1. The molecule has 3 nitrogen and oxygen atoms in total. The van der Waals surface area contributed by atoms with Gasteiger partial charge in [-0.2, -0.15) is 0 Å². The van der Waals surface area contributed by atoms with E-state index in [9.17, 15) is 8.78 Å². The molecular formula is C16H25F2N3. The molecule has 2 rings (SSSR count). The lowest BCUT2D eigenvalue weighted by atomic mass is 9.99. The number of hydrogen-bond acceptors (Lipinski definition) is 3. The molecule has 1 aromatic carbocycles. The van der Waals surface area contributed by atoms with Crippen molar-refractivity contribution >= 4 is 0 Å². The van der Waals surface area contributed by atoms with E-state index in [0.717, 1.165) is 5.56 Å². The number of halogens is 2. The van der Waals surface area contributed by atoms with E-state index in [1.807, 2.05) is 0 Å². The minimum Gasteiger partial charge on any atom is -0.329 e. The summed E-state index contributed by atoms with van der Waals surface area (Å²) in [6.07, 6.45) is 1.15.